The molecule has 0 spiro atoms. The number of para-hydroxylation sites is 1. The Morgan fingerprint density at radius 2 is 2.08 bits per heavy atom. The van der Waals surface area contributed by atoms with Gasteiger partial charge in [-0.05, 0) is 42.3 Å². The third-order valence-corrected chi connectivity index (χ3v) is 5.37. The molecule has 2 aromatic rings. The molecule has 0 amide bonds. The van der Waals surface area contributed by atoms with E-state index in [4.69, 9.17) is 0 Å². The third-order valence-electron chi connectivity index (χ3n) is 4.43. The van der Waals surface area contributed by atoms with Crippen LogP contribution in [0.5, 0.6) is 0 Å². The Labute approximate surface area is 148 Å². The zero-order chi connectivity index (χ0) is 16.6. The van der Waals surface area contributed by atoms with Crippen LogP contribution in [0.25, 0.3) is 0 Å². The van der Waals surface area contributed by atoms with Crippen molar-refractivity contribution in [1.82, 2.24) is 10.6 Å². The molecule has 1 fully saturated rings. The van der Waals surface area contributed by atoms with Gasteiger partial charge in [0.1, 0.15) is 0 Å². The van der Waals surface area contributed by atoms with Gasteiger partial charge in [0.25, 0.3) is 0 Å². The van der Waals surface area contributed by atoms with Gasteiger partial charge in [0, 0.05) is 43.8 Å². The van der Waals surface area contributed by atoms with E-state index in [9.17, 15) is 0 Å². The molecular weight excluding hydrogens is 316 g/mol. The number of hydrogen-bond donors (Lipinski definition) is 2. The summed E-state index contributed by atoms with van der Waals surface area (Å²) >= 11 is 1.81. The summed E-state index contributed by atoms with van der Waals surface area (Å²) in [6.45, 7) is 4.15. The molecule has 0 bridgehead atoms. The largest absolute Gasteiger partial charge is 0.371 e. The molecule has 4 nitrogen and oxygen atoms in total. The van der Waals surface area contributed by atoms with Crippen molar-refractivity contribution in [1.29, 1.82) is 0 Å². The molecular formula is C19H26N4S. The molecule has 24 heavy (non-hydrogen) atoms. The monoisotopic (exact) mass is 342 g/mol. The molecule has 1 aliphatic rings. The fourth-order valence-corrected chi connectivity index (χ4v) is 3.80. The Morgan fingerprint density at radius 3 is 2.83 bits per heavy atom. The first-order chi connectivity index (χ1) is 11.8. The summed E-state index contributed by atoms with van der Waals surface area (Å²) in [6.07, 6.45) is 2.28. The summed E-state index contributed by atoms with van der Waals surface area (Å²) in [6, 6.07) is 15.0. The molecule has 0 saturated carbocycles. The van der Waals surface area contributed by atoms with E-state index in [1.165, 1.54) is 17.0 Å². The molecule has 1 unspecified atom stereocenters. The van der Waals surface area contributed by atoms with E-state index in [0.717, 1.165) is 38.6 Å². The predicted octanol–water partition coefficient (Wildman–Crippen LogP) is 2.98. The summed E-state index contributed by atoms with van der Waals surface area (Å²) in [5, 5.41) is 9.01. The van der Waals surface area contributed by atoms with Gasteiger partial charge in [-0.15, -0.1) is 11.3 Å². The zero-order valence-electron chi connectivity index (χ0n) is 14.2. The second-order valence-corrected chi connectivity index (χ2v) is 7.18. The van der Waals surface area contributed by atoms with Crippen LogP contribution in [-0.4, -0.2) is 39.2 Å². The van der Waals surface area contributed by atoms with E-state index in [2.05, 4.69) is 68.4 Å². The van der Waals surface area contributed by atoms with Gasteiger partial charge in [-0.1, -0.05) is 24.3 Å². The predicted molar refractivity (Wildman–Crippen MR) is 104 cm³/mol. The van der Waals surface area contributed by atoms with Gasteiger partial charge >= 0.3 is 0 Å². The van der Waals surface area contributed by atoms with Crippen LogP contribution in [0, 0.1) is 5.92 Å². The average Bonchev–Trinajstić information content (AvgIpc) is 3.30. The first-order valence-electron chi connectivity index (χ1n) is 8.62. The maximum absolute atomic E-state index is 4.33. The quantitative estimate of drug-likeness (QED) is 0.626. The van der Waals surface area contributed by atoms with E-state index < -0.39 is 0 Å². The Hall–Kier alpha value is -2.01. The number of rotatable bonds is 6. The van der Waals surface area contributed by atoms with Crippen molar-refractivity contribution >= 4 is 23.0 Å². The fraction of sp³-hybridized carbons (Fsp3) is 0.421. The van der Waals surface area contributed by atoms with E-state index in [1.807, 2.05) is 18.4 Å². The molecule has 0 radical (unpaired) electrons. The Bertz CT molecular complexity index is 624. The first-order valence-corrected chi connectivity index (χ1v) is 9.50. The lowest BCUT2D eigenvalue weighted by Crippen LogP contribution is -2.41. The molecule has 1 saturated heterocycles. The molecule has 5 heteroatoms. The van der Waals surface area contributed by atoms with Crippen LogP contribution in [0.2, 0.25) is 0 Å². The van der Waals surface area contributed by atoms with Crippen molar-refractivity contribution < 1.29 is 0 Å². The summed E-state index contributed by atoms with van der Waals surface area (Å²) in [7, 11) is 1.84. The summed E-state index contributed by atoms with van der Waals surface area (Å²) in [5.74, 6) is 1.57. The Kier molecular flexibility index (Phi) is 6.13. The SMILES string of the molecule is CN=C(NCCc1cccs1)NCC1CCN(c2ccccc2)C1. The van der Waals surface area contributed by atoms with Crippen LogP contribution < -0.4 is 15.5 Å². The molecule has 1 aliphatic heterocycles. The van der Waals surface area contributed by atoms with Crippen molar-refractivity contribution in [3.05, 3.63) is 52.7 Å². The van der Waals surface area contributed by atoms with Gasteiger partial charge in [0.2, 0.25) is 0 Å². The number of nitrogens with zero attached hydrogens (tertiary/aromatic N) is 2. The second-order valence-electron chi connectivity index (χ2n) is 6.15. The van der Waals surface area contributed by atoms with E-state index >= 15 is 0 Å². The van der Waals surface area contributed by atoms with Gasteiger partial charge in [-0.25, -0.2) is 0 Å². The van der Waals surface area contributed by atoms with Crippen LogP contribution >= 0.6 is 11.3 Å². The van der Waals surface area contributed by atoms with Crippen molar-refractivity contribution in [2.24, 2.45) is 10.9 Å². The molecule has 1 atom stereocenters. The third kappa shape index (κ3) is 4.74. The summed E-state index contributed by atoms with van der Waals surface area (Å²) in [5.41, 5.74) is 1.33. The van der Waals surface area contributed by atoms with Crippen molar-refractivity contribution in [2.45, 2.75) is 12.8 Å². The lowest BCUT2D eigenvalue weighted by molar-refractivity contribution is 0.566. The van der Waals surface area contributed by atoms with Gasteiger partial charge in [-0.2, -0.15) is 0 Å². The number of guanidine groups is 1. The number of anilines is 1. The van der Waals surface area contributed by atoms with Crippen LogP contribution in [0.4, 0.5) is 5.69 Å². The molecule has 2 N–H and O–H groups in total. The lowest BCUT2D eigenvalue weighted by atomic mass is 10.1. The topological polar surface area (TPSA) is 39.7 Å². The van der Waals surface area contributed by atoms with Crippen LogP contribution in [-0.2, 0) is 6.42 Å². The smallest absolute Gasteiger partial charge is 0.190 e. The number of nitrogens with one attached hydrogen (secondary N) is 2. The molecule has 2 heterocycles. The summed E-state index contributed by atoms with van der Waals surface area (Å²) in [4.78, 5) is 8.21. The second kappa shape index (κ2) is 8.73. The maximum atomic E-state index is 4.33. The molecule has 0 aliphatic carbocycles. The number of benzene rings is 1. The normalized spacial score (nSPS) is 18.0. The van der Waals surface area contributed by atoms with Crippen LogP contribution in [0.3, 0.4) is 0 Å². The minimum absolute atomic E-state index is 0.668. The first kappa shape index (κ1) is 16.8. The van der Waals surface area contributed by atoms with Crippen LogP contribution in [0.15, 0.2) is 52.8 Å². The lowest BCUT2D eigenvalue weighted by Gasteiger charge is -2.19. The van der Waals surface area contributed by atoms with E-state index in [0.29, 0.717) is 5.92 Å². The molecule has 1 aromatic carbocycles. The van der Waals surface area contributed by atoms with Crippen molar-refractivity contribution in [3.63, 3.8) is 0 Å². The van der Waals surface area contributed by atoms with Crippen molar-refractivity contribution in [2.75, 3.05) is 38.1 Å². The zero-order valence-corrected chi connectivity index (χ0v) is 15.1. The maximum Gasteiger partial charge on any atom is 0.190 e. The Morgan fingerprint density at radius 1 is 1.21 bits per heavy atom. The number of aliphatic imine (C=N–C) groups is 1. The minimum atomic E-state index is 0.668. The fourth-order valence-electron chi connectivity index (χ4n) is 3.09. The molecule has 1 aromatic heterocycles. The highest BCUT2D eigenvalue weighted by Crippen LogP contribution is 2.22. The average molecular weight is 343 g/mol. The van der Waals surface area contributed by atoms with Crippen molar-refractivity contribution in [3.8, 4) is 0 Å². The highest BCUT2D eigenvalue weighted by atomic mass is 32.1. The van der Waals surface area contributed by atoms with E-state index in [1.54, 1.807) is 0 Å². The highest BCUT2D eigenvalue weighted by Gasteiger charge is 2.22. The van der Waals surface area contributed by atoms with Gasteiger partial charge in [0.05, 0.1) is 0 Å². The van der Waals surface area contributed by atoms with Gasteiger partial charge in [-0.3, -0.25) is 4.99 Å². The molecule has 3 rings (SSSR count). The van der Waals surface area contributed by atoms with Gasteiger partial charge < -0.3 is 15.5 Å². The number of hydrogen-bond acceptors (Lipinski definition) is 3. The highest BCUT2D eigenvalue weighted by molar-refractivity contribution is 7.09. The minimum Gasteiger partial charge on any atom is -0.371 e. The van der Waals surface area contributed by atoms with Crippen LogP contribution in [0.1, 0.15) is 11.3 Å². The summed E-state index contributed by atoms with van der Waals surface area (Å²) < 4.78 is 0. The van der Waals surface area contributed by atoms with Gasteiger partial charge in [0.15, 0.2) is 5.96 Å². The Balaban J connectivity index is 1.38. The molecule has 128 valence electrons. The van der Waals surface area contributed by atoms with E-state index in [-0.39, 0.29) is 0 Å². The number of thiophene rings is 1. The standard InChI is InChI=1S/C19H26N4S/c1-20-19(21-11-9-18-8-5-13-24-18)22-14-16-10-12-23(15-16)17-6-3-2-4-7-17/h2-8,13,16H,9-12,14-15H2,1H3,(H2,20,21,22).